The maximum absolute atomic E-state index is 14.1. The van der Waals surface area contributed by atoms with Gasteiger partial charge in [0.1, 0.15) is 11.4 Å². The first kappa shape index (κ1) is 18.1. The highest BCUT2D eigenvalue weighted by atomic mass is 19.1. The number of pyridine rings is 2. The van der Waals surface area contributed by atoms with Gasteiger partial charge < -0.3 is 16.4 Å². The van der Waals surface area contributed by atoms with E-state index >= 15 is 0 Å². The number of aromatic nitrogens is 5. The summed E-state index contributed by atoms with van der Waals surface area (Å²) in [4.78, 5) is 32.5. The summed E-state index contributed by atoms with van der Waals surface area (Å²) >= 11 is 0. The number of rotatable bonds is 5. The van der Waals surface area contributed by atoms with Crippen molar-refractivity contribution in [1.29, 1.82) is 0 Å². The van der Waals surface area contributed by atoms with Crippen molar-refractivity contribution in [2.75, 3.05) is 17.7 Å². The second-order valence-electron chi connectivity index (χ2n) is 5.97. The molecule has 0 atom stereocenters. The third kappa shape index (κ3) is 3.14. The van der Waals surface area contributed by atoms with E-state index in [1.165, 1.54) is 41.3 Å². The highest BCUT2D eigenvalue weighted by Crippen LogP contribution is 2.21. The van der Waals surface area contributed by atoms with Crippen LogP contribution >= 0.6 is 0 Å². The average molecular weight is 394 g/mol. The Kier molecular flexibility index (Phi) is 4.39. The van der Waals surface area contributed by atoms with Crippen molar-refractivity contribution in [3.05, 3.63) is 70.8 Å². The number of carbonyl (C=O) groups excluding carboxylic acids is 1. The number of fused-ring (bicyclic) bond motifs is 1. The molecule has 0 radical (unpaired) electrons. The van der Waals surface area contributed by atoms with Crippen LogP contribution in [0.3, 0.4) is 0 Å². The zero-order valence-corrected chi connectivity index (χ0v) is 15.1. The summed E-state index contributed by atoms with van der Waals surface area (Å²) in [6, 6.07) is 7.36. The Hall–Kier alpha value is -4.28. The number of anilines is 3. The van der Waals surface area contributed by atoms with E-state index in [4.69, 9.17) is 5.73 Å². The van der Waals surface area contributed by atoms with Crippen LogP contribution in [0, 0.1) is 5.82 Å². The van der Waals surface area contributed by atoms with Gasteiger partial charge in [0.15, 0.2) is 23.1 Å². The molecule has 4 rings (SSSR count). The van der Waals surface area contributed by atoms with E-state index in [1.807, 2.05) is 0 Å². The first-order valence-corrected chi connectivity index (χ1v) is 8.45. The van der Waals surface area contributed by atoms with Gasteiger partial charge >= 0.3 is 0 Å². The molecule has 4 N–H and O–H groups in total. The number of imidazole rings is 1. The maximum atomic E-state index is 14.1. The predicted octanol–water partition coefficient (Wildman–Crippen LogP) is 1.30. The second kappa shape index (κ2) is 7.03. The lowest BCUT2D eigenvalue weighted by Crippen LogP contribution is -2.22. The summed E-state index contributed by atoms with van der Waals surface area (Å²) in [7, 11) is 1.68. The number of nitrogens with two attached hydrogens (primary N) is 1. The van der Waals surface area contributed by atoms with Crippen LogP contribution in [0.4, 0.5) is 21.6 Å². The summed E-state index contributed by atoms with van der Waals surface area (Å²) in [6.45, 7) is 0. The molecular formula is C18H15FN8O2. The fourth-order valence-electron chi connectivity index (χ4n) is 2.83. The maximum Gasteiger partial charge on any atom is 0.280 e. The Bertz CT molecular complexity index is 1300. The molecule has 0 bridgehead atoms. The molecule has 0 saturated carbocycles. The largest absolute Gasteiger partial charge is 0.385 e. The summed E-state index contributed by atoms with van der Waals surface area (Å²) < 4.78 is 16.4. The van der Waals surface area contributed by atoms with Crippen molar-refractivity contribution in [2.24, 2.45) is 5.73 Å². The standard InChI is InChI=1S/C18H15FN8O2/c1-21-12-8-14(25-27-13(15(20)28)9-23-17(12)27)24-11-5-3-7-26(18(11)29)16-10(19)4-2-6-22-16/h2-9,21H,1H3,(H2,20,28)(H,24,25). The number of amides is 1. The zero-order valence-electron chi connectivity index (χ0n) is 15.1. The number of hydrogen-bond acceptors (Lipinski definition) is 7. The molecule has 0 aromatic carbocycles. The van der Waals surface area contributed by atoms with Crippen LogP contribution in [0.2, 0.25) is 0 Å². The Balaban J connectivity index is 1.81. The Morgan fingerprint density at radius 3 is 2.76 bits per heavy atom. The third-order valence-corrected chi connectivity index (χ3v) is 4.17. The fraction of sp³-hybridized carbons (Fsp3) is 0.0556. The Morgan fingerprint density at radius 2 is 2.03 bits per heavy atom. The van der Waals surface area contributed by atoms with Crippen LogP contribution in [0.25, 0.3) is 11.5 Å². The second-order valence-corrected chi connectivity index (χ2v) is 5.97. The van der Waals surface area contributed by atoms with Crippen molar-refractivity contribution in [1.82, 2.24) is 24.1 Å². The van der Waals surface area contributed by atoms with Gasteiger partial charge in [0.05, 0.1) is 11.9 Å². The molecule has 4 aromatic rings. The first-order chi connectivity index (χ1) is 14.0. The van der Waals surface area contributed by atoms with Gasteiger partial charge in [0.2, 0.25) is 0 Å². The van der Waals surface area contributed by atoms with Gasteiger partial charge in [0.25, 0.3) is 11.5 Å². The molecule has 10 nitrogen and oxygen atoms in total. The topological polar surface area (TPSA) is 132 Å². The van der Waals surface area contributed by atoms with E-state index in [-0.39, 0.29) is 23.0 Å². The van der Waals surface area contributed by atoms with E-state index in [0.717, 1.165) is 4.57 Å². The minimum absolute atomic E-state index is 0.0844. The number of carbonyl (C=O) groups is 1. The van der Waals surface area contributed by atoms with Gasteiger partial charge in [-0.15, -0.1) is 5.10 Å². The lowest BCUT2D eigenvalue weighted by molar-refractivity contribution is 0.0993. The quantitative estimate of drug-likeness (QED) is 0.465. The van der Waals surface area contributed by atoms with Crippen LogP contribution in [-0.4, -0.2) is 37.1 Å². The molecule has 0 unspecified atom stereocenters. The van der Waals surface area contributed by atoms with Gasteiger partial charge in [-0.1, -0.05) is 0 Å². The number of primary amides is 1. The van der Waals surface area contributed by atoms with Gasteiger partial charge in [0, 0.05) is 25.5 Å². The van der Waals surface area contributed by atoms with E-state index < -0.39 is 17.3 Å². The molecule has 4 heterocycles. The van der Waals surface area contributed by atoms with Crippen molar-refractivity contribution < 1.29 is 9.18 Å². The summed E-state index contributed by atoms with van der Waals surface area (Å²) in [5, 5.41) is 10.1. The van der Waals surface area contributed by atoms with Crippen LogP contribution in [0.1, 0.15) is 10.5 Å². The van der Waals surface area contributed by atoms with Crippen molar-refractivity contribution in [3.63, 3.8) is 0 Å². The molecule has 1 amide bonds. The van der Waals surface area contributed by atoms with Crippen LogP contribution in [0.15, 0.2) is 53.7 Å². The number of nitrogens with one attached hydrogen (secondary N) is 2. The third-order valence-electron chi connectivity index (χ3n) is 4.17. The molecule has 29 heavy (non-hydrogen) atoms. The van der Waals surface area contributed by atoms with E-state index in [1.54, 1.807) is 19.2 Å². The van der Waals surface area contributed by atoms with E-state index in [2.05, 4.69) is 25.7 Å². The molecule has 0 saturated heterocycles. The van der Waals surface area contributed by atoms with E-state index in [0.29, 0.717) is 11.3 Å². The van der Waals surface area contributed by atoms with Gasteiger partial charge in [-0.3, -0.25) is 14.2 Å². The normalized spacial score (nSPS) is 10.8. The number of nitrogens with zero attached hydrogens (tertiary/aromatic N) is 5. The highest BCUT2D eigenvalue weighted by molar-refractivity contribution is 5.92. The van der Waals surface area contributed by atoms with Gasteiger partial charge in [-0.2, -0.15) is 0 Å². The number of halogens is 1. The molecule has 0 aliphatic rings. The van der Waals surface area contributed by atoms with Crippen LogP contribution in [-0.2, 0) is 0 Å². The van der Waals surface area contributed by atoms with E-state index in [9.17, 15) is 14.0 Å². The average Bonchev–Trinajstić information content (AvgIpc) is 3.14. The van der Waals surface area contributed by atoms with Crippen molar-refractivity contribution >= 4 is 28.7 Å². The zero-order chi connectivity index (χ0) is 20.5. The molecule has 146 valence electrons. The highest BCUT2D eigenvalue weighted by Gasteiger charge is 2.16. The smallest absolute Gasteiger partial charge is 0.280 e. The first-order valence-electron chi connectivity index (χ1n) is 8.45. The molecule has 4 aromatic heterocycles. The lowest BCUT2D eigenvalue weighted by Gasteiger charge is -2.11. The summed E-state index contributed by atoms with van der Waals surface area (Å²) in [5.41, 5.74) is 6.01. The molecule has 0 aliphatic carbocycles. The van der Waals surface area contributed by atoms with Gasteiger partial charge in [-0.25, -0.2) is 18.9 Å². The molecule has 11 heteroatoms. The lowest BCUT2D eigenvalue weighted by atomic mass is 10.3. The summed E-state index contributed by atoms with van der Waals surface area (Å²) in [6.07, 6.45) is 4.12. The fourth-order valence-corrected chi connectivity index (χ4v) is 2.83. The minimum Gasteiger partial charge on any atom is -0.385 e. The molecule has 0 spiro atoms. The molecule has 0 fully saturated rings. The summed E-state index contributed by atoms with van der Waals surface area (Å²) in [5.74, 6) is -1.20. The number of hydrogen-bond donors (Lipinski definition) is 3. The van der Waals surface area contributed by atoms with Crippen LogP contribution < -0.4 is 21.9 Å². The van der Waals surface area contributed by atoms with Crippen molar-refractivity contribution in [2.45, 2.75) is 0 Å². The van der Waals surface area contributed by atoms with Gasteiger partial charge in [-0.05, 0) is 24.3 Å². The molecule has 0 aliphatic heterocycles. The minimum atomic E-state index is -0.697. The Labute approximate surface area is 162 Å². The van der Waals surface area contributed by atoms with Crippen molar-refractivity contribution in [3.8, 4) is 5.82 Å². The monoisotopic (exact) mass is 394 g/mol. The Morgan fingerprint density at radius 1 is 1.21 bits per heavy atom. The molecular weight excluding hydrogens is 379 g/mol. The van der Waals surface area contributed by atoms with Crippen LogP contribution in [0.5, 0.6) is 0 Å². The SMILES string of the molecule is CNc1cc(Nc2cccn(-c3ncccc3F)c2=O)nn2c(C(N)=O)cnc12. The predicted molar refractivity (Wildman–Crippen MR) is 104 cm³/mol.